The highest BCUT2D eigenvalue weighted by atomic mass is 79.9. The van der Waals surface area contributed by atoms with Crippen molar-refractivity contribution in [2.24, 2.45) is 0 Å². The second-order valence-corrected chi connectivity index (χ2v) is 5.31. The maximum Gasteiger partial charge on any atom is 0.254 e. The molecule has 2 N–H and O–H groups in total. The van der Waals surface area contributed by atoms with E-state index in [0.29, 0.717) is 0 Å². The molecule has 0 aliphatic heterocycles. The topological polar surface area (TPSA) is 49.3 Å². The minimum absolute atomic E-state index is 0.0481. The normalized spacial score (nSPS) is 13.3. The Kier molecular flexibility index (Phi) is 4.27. The van der Waals surface area contributed by atoms with Crippen LogP contribution >= 0.6 is 15.9 Å². The Morgan fingerprint density at radius 1 is 1.53 bits per heavy atom. The first-order valence-electron chi connectivity index (χ1n) is 5.20. The van der Waals surface area contributed by atoms with Crippen LogP contribution in [-0.4, -0.2) is 22.7 Å². The Hall–Kier alpha value is -0.940. The Bertz CT molecular complexity index is 433. The number of halogens is 2. The highest BCUT2D eigenvalue weighted by molar-refractivity contribution is 9.10. The molecule has 1 unspecified atom stereocenters. The lowest BCUT2D eigenvalue weighted by atomic mass is 9.98. The lowest BCUT2D eigenvalue weighted by Crippen LogP contribution is -2.51. The van der Waals surface area contributed by atoms with E-state index < -0.39 is 23.4 Å². The van der Waals surface area contributed by atoms with Gasteiger partial charge in [-0.3, -0.25) is 4.79 Å². The molecule has 0 aliphatic rings. The smallest absolute Gasteiger partial charge is 0.254 e. The van der Waals surface area contributed by atoms with Crippen LogP contribution < -0.4 is 5.32 Å². The number of hydrogen-bond donors (Lipinski definition) is 2. The fraction of sp³-hybridized carbons (Fsp3) is 0.417. The van der Waals surface area contributed by atoms with E-state index in [-0.39, 0.29) is 10.0 Å². The molecule has 0 bridgehead atoms. The van der Waals surface area contributed by atoms with Crippen LogP contribution in [0.4, 0.5) is 4.39 Å². The molecule has 0 radical (unpaired) electrons. The fourth-order valence-electron chi connectivity index (χ4n) is 1.14. The first-order chi connectivity index (χ1) is 7.75. The maximum atomic E-state index is 13.7. The van der Waals surface area contributed by atoms with E-state index in [0.717, 1.165) is 0 Å². The Morgan fingerprint density at radius 2 is 2.12 bits per heavy atom. The molecule has 3 nitrogen and oxygen atoms in total. The summed E-state index contributed by atoms with van der Waals surface area (Å²) in [4.78, 5) is 11.9. The lowest BCUT2D eigenvalue weighted by molar-refractivity contribution is 0.0706. The standard InChI is InChI=1S/C12H15BrFNO2/c1-7(16)12(2,3)15-11(17)8-5-4-6-9(13)10(8)14/h4-7,16H,1-3H3,(H,15,17). The number of carbonyl (C=O) groups is 1. The van der Waals surface area contributed by atoms with Gasteiger partial charge in [0.1, 0.15) is 5.82 Å². The van der Waals surface area contributed by atoms with E-state index in [1.54, 1.807) is 26.8 Å². The van der Waals surface area contributed by atoms with Crippen molar-refractivity contribution in [2.45, 2.75) is 32.4 Å². The third kappa shape index (κ3) is 3.26. The molecule has 0 saturated heterocycles. The molecule has 1 rings (SSSR count). The summed E-state index contributed by atoms with van der Waals surface area (Å²) in [5, 5.41) is 12.1. The molecule has 1 aromatic rings. The van der Waals surface area contributed by atoms with Crippen LogP contribution in [0.3, 0.4) is 0 Å². The van der Waals surface area contributed by atoms with Crippen LogP contribution in [0.25, 0.3) is 0 Å². The van der Waals surface area contributed by atoms with Gasteiger partial charge in [-0.15, -0.1) is 0 Å². The van der Waals surface area contributed by atoms with Crippen LogP contribution in [0.15, 0.2) is 22.7 Å². The largest absolute Gasteiger partial charge is 0.391 e. The number of amides is 1. The zero-order valence-electron chi connectivity index (χ0n) is 9.92. The molecule has 1 aromatic carbocycles. The van der Waals surface area contributed by atoms with Crippen molar-refractivity contribution >= 4 is 21.8 Å². The van der Waals surface area contributed by atoms with Gasteiger partial charge in [0, 0.05) is 0 Å². The molecule has 1 atom stereocenters. The van der Waals surface area contributed by atoms with Gasteiger partial charge in [0.05, 0.1) is 21.7 Å². The van der Waals surface area contributed by atoms with Crippen molar-refractivity contribution in [3.63, 3.8) is 0 Å². The van der Waals surface area contributed by atoms with Gasteiger partial charge in [-0.1, -0.05) is 6.07 Å². The van der Waals surface area contributed by atoms with Crippen molar-refractivity contribution in [3.05, 3.63) is 34.1 Å². The van der Waals surface area contributed by atoms with Gasteiger partial charge in [-0.25, -0.2) is 4.39 Å². The minimum Gasteiger partial charge on any atom is -0.391 e. The molecular weight excluding hydrogens is 289 g/mol. The Labute approximate surface area is 108 Å². The monoisotopic (exact) mass is 303 g/mol. The molecule has 17 heavy (non-hydrogen) atoms. The van der Waals surface area contributed by atoms with Crippen molar-refractivity contribution < 1.29 is 14.3 Å². The molecule has 1 amide bonds. The van der Waals surface area contributed by atoms with Gasteiger partial charge < -0.3 is 10.4 Å². The van der Waals surface area contributed by atoms with E-state index in [9.17, 15) is 14.3 Å². The summed E-state index contributed by atoms with van der Waals surface area (Å²) in [6.07, 6.45) is -0.735. The first-order valence-corrected chi connectivity index (χ1v) is 5.99. The van der Waals surface area contributed by atoms with Crippen molar-refractivity contribution in [1.82, 2.24) is 5.32 Å². The quantitative estimate of drug-likeness (QED) is 0.901. The molecule has 5 heteroatoms. The summed E-state index contributed by atoms with van der Waals surface area (Å²) in [5.74, 6) is -1.15. The third-order valence-corrected chi connectivity index (χ3v) is 3.29. The van der Waals surface area contributed by atoms with E-state index in [1.165, 1.54) is 12.1 Å². The van der Waals surface area contributed by atoms with E-state index in [1.807, 2.05) is 0 Å². The zero-order valence-corrected chi connectivity index (χ0v) is 11.5. The van der Waals surface area contributed by atoms with Crippen molar-refractivity contribution in [1.29, 1.82) is 0 Å². The molecule has 0 aliphatic carbocycles. The summed E-state index contributed by atoms with van der Waals surface area (Å²) in [7, 11) is 0. The van der Waals surface area contributed by atoms with E-state index in [4.69, 9.17) is 0 Å². The summed E-state index contributed by atoms with van der Waals surface area (Å²) in [5.41, 5.74) is -0.862. The van der Waals surface area contributed by atoms with Crippen molar-refractivity contribution in [3.8, 4) is 0 Å². The number of carbonyl (C=O) groups excluding carboxylic acids is 1. The number of aliphatic hydroxyl groups excluding tert-OH is 1. The summed E-state index contributed by atoms with van der Waals surface area (Å²) >= 11 is 3.02. The average molecular weight is 304 g/mol. The number of nitrogens with one attached hydrogen (secondary N) is 1. The Morgan fingerprint density at radius 3 is 2.65 bits per heavy atom. The number of benzene rings is 1. The predicted octanol–water partition coefficient (Wildman–Crippen LogP) is 2.48. The zero-order chi connectivity index (χ0) is 13.2. The summed E-state index contributed by atoms with van der Waals surface area (Å²) < 4.78 is 13.9. The average Bonchev–Trinajstić information content (AvgIpc) is 2.21. The van der Waals surface area contributed by atoms with Gasteiger partial charge in [-0.05, 0) is 48.8 Å². The van der Waals surface area contributed by atoms with Gasteiger partial charge >= 0.3 is 0 Å². The molecule has 0 aromatic heterocycles. The van der Waals surface area contributed by atoms with Crippen molar-refractivity contribution in [2.75, 3.05) is 0 Å². The SMILES string of the molecule is CC(O)C(C)(C)NC(=O)c1cccc(Br)c1F. The second kappa shape index (κ2) is 5.14. The minimum atomic E-state index is -0.814. The number of hydrogen-bond acceptors (Lipinski definition) is 2. The highest BCUT2D eigenvalue weighted by Crippen LogP contribution is 2.19. The fourth-order valence-corrected chi connectivity index (χ4v) is 1.51. The lowest BCUT2D eigenvalue weighted by Gasteiger charge is -2.29. The van der Waals surface area contributed by atoms with Gasteiger partial charge in [0.2, 0.25) is 0 Å². The van der Waals surface area contributed by atoms with E-state index >= 15 is 0 Å². The summed E-state index contributed by atoms with van der Waals surface area (Å²) in [6, 6.07) is 4.50. The van der Waals surface area contributed by atoms with Gasteiger partial charge in [0.15, 0.2) is 0 Å². The molecule has 0 fully saturated rings. The highest BCUT2D eigenvalue weighted by Gasteiger charge is 2.27. The third-order valence-electron chi connectivity index (χ3n) is 2.68. The molecule has 94 valence electrons. The first kappa shape index (κ1) is 14.1. The van der Waals surface area contributed by atoms with Crippen LogP contribution in [0, 0.1) is 5.82 Å². The van der Waals surface area contributed by atoms with Crippen LogP contribution in [0.2, 0.25) is 0 Å². The predicted molar refractivity (Wildman–Crippen MR) is 67.3 cm³/mol. The van der Waals surface area contributed by atoms with Gasteiger partial charge in [0.25, 0.3) is 5.91 Å². The van der Waals surface area contributed by atoms with Crippen LogP contribution in [-0.2, 0) is 0 Å². The molecule has 0 saturated carbocycles. The molecule has 0 heterocycles. The Balaban J connectivity index is 2.95. The molecule has 0 spiro atoms. The molecular formula is C12H15BrFNO2. The van der Waals surface area contributed by atoms with Crippen LogP contribution in [0.1, 0.15) is 31.1 Å². The maximum absolute atomic E-state index is 13.7. The second-order valence-electron chi connectivity index (χ2n) is 4.45. The number of rotatable bonds is 3. The van der Waals surface area contributed by atoms with E-state index in [2.05, 4.69) is 21.2 Å². The van der Waals surface area contributed by atoms with Gasteiger partial charge in [-0.2, -0.15) is 0 Å². The summed E-state index contributed by atoms with van der Waals surface area (Å²) in [6.45, 7) is 4.91. The van der Waals surface area contributed by atoms with Crippen LogP contribution in [0.5, 0.6) is 0 Å². The number of aliphatic hydroxyl groups is 1.